The van der Waals surface area contributed by atoms with E-state index in [2.05, 4.69) is 22.5 Å². The van der Waals surface area contributed by atoms with E-state index < -0.39 is 12.0 Å². The van der Waals surface area contributed by atoms with Crippen molar-refractivity contribution in [3.05, 3.63) is 65.0 Å². The number of nitrogens with one attached hydrogen (secondary N) is 2. The van der Waals surface area contributed by atoms with Crippen molar-refractivity contribution in [1.82, 2.24) is 15.6 Å². The number of hydrogen-bond acceptors (Lipinski definition) is 5. The van der Waals surface area contributed by atoms with Gasteiger partial charge < -0.3 is 20.5 Å². The first kappa shape index (κ1) is 18.6. The van der Waals surface area contributed by atoms with Crippen LogP contribution in [-0.4, -0.2) is 48.2 Å². The maximum atomic E-state index is 12.8. The molecule has 7 nitrogen and oxygen atoms in total. The van der Waals surface area contributed by atoms with Gasteiger partial charge >= 0.3 is 0 Å². The van der Waals surface area contributed by atoms with Gasteiger partial charge in [-0.15, -0.1) is 0 Å². The number of fused-ring (bicyclic) bond motifs is 1. The average Bonchev–Trinajstić information content (AvgIpc) is 3.06. The van der Waals surface area contributed by atoms with E-state index in [1.54, 1.807) is 12.1 Å². The molecule has 4 rings (SSSR count). The van der Waals surface area contributed by atoms with Crippen molar-refractivity contribution in [2.75, 3.05) is 20.3 Å². The summed E-state index contributed by atoms with van der Waals surface area (Å²) in [5, 5.41) is 16.3. The van der Waals surface area contributed by atoms with Gasteiger partial charge in [0.2, 0.25) is 0 Å². The summed E-state index contributed by atoms with van der Waals surface area (Å²) < 4.78 is 5.44. The number of aliphatic hydroxyl groups is 1. The van der Waals surface area contributed by atoms with Gasteiger partial charge in [0.1, 0.15) is 11.8 Å². The van der Waals surface area contributed by atoms with Crippen molar-refractivity contribution in [3.8, 4) is 0 Å². The zero-order valence-electron chi connectivity index (χ0n) is 15.8. The van der Waals surface area contributed by atoms with Gasteiger partial charge in [0.15, 0.2) is 0 Å². The van der Waals surface area contributed by atoms with Crippen LogP contribution in [0.2, 0.25) is 0 Å². The van der Waals surface area contributed by atoms with Gasteiger partial charge in [-0.25, -0.2) is 4.98 Å². The number of carbonyl (C=O) groups is 2. The molecular formula is C21H23N3O4. The summed E-state index contributed by atoms with van der Waals surface area (Å²) >= 11 is 0. The second-order valence-corrected chi connectivity index (χ2v) is 7.64. The lowest BCUT2D eigenvalue weighted by Crippen LogP contribution is -2.32. The minimum atomic E-state index is -1.04. The van der Waals surface area contributed by atoms with Crippen molar-refractivity contribution < 1.29 is 19.4 Å². The summed E-state index contributed by atoms with van der Waals surface area (Å²) in [6.07, 6.45) is -1.04. The SMILES string of the molecule is CNC(=O)c1cc(C(=O)N[C@@H]2[C@H]3COC[C@]32C)cc(C(O)c2ccccc2)n1. The minimum absolute atomic E-state index is 0.0152. The van der Waals surface area contributed by atoms with Gasteiger partial charge in [0.05, 0.1) is 18.9 Å². The Hall–Kier alpha value is -2.77. The standard InChI is InChI=1S/C21H23N3O4/c1-21-11-28-10-14(21)18(21)24-19(26)13-8-15(23-16(9-13)20(27)22-2)17(25)12-6-4-3-5-7-12/h3-9,14,17-18,25H,10-11H2,1-2H3,(H,22,27)(H,24,26)/t14-,17?,18-,21-/m1/s1. The molecule has 146 valence electrons. The topological polar surface area (TPSA) is 101 Å². The van der Waals surface area contributed by atoms with Gasteiger partial charge in [-0.05, 0) is 17.7 Å². The maximum Gasteiger partial charge on any atom is 0.269 e. The molecule has 1 aromatic heterocycles. The highest BCUT2D eigenvalue weighted by Gasteiger charge is 2.65. The molecular weight excluding hydrogens is 358 g/mol. The van der Waals surface area contributed by atoms with E-state index in [1.165, 1.54) is 19.2 Å². The van der Waals surface area contributed by atoms with Gasteiger partial charge in [-0.2, -0.15) is 0 Å². The van der Waals surface area contributed by atoms with Crippen LogP contribution in [0.4, 0.5) is 0 Å². The number of benzene rings is 1. The predicted molar refractivity (Wildman–Crippen MR) is 102 cm³/mol. The van der Waals surface area contributed by atoms with Crippen LogP contribution in [0.1, 0.15) is 45.1 Å². The Morgan fingerprint density at radius 1 is 1.25 bits per heavy atom. The number of pyridine rings is 1. The molecule has 1 unspecified atom stereocenters. The van der Waals surface area contributed by atoms with E-state index in [4.69, 9.17) is 4.74 Å². The highest BCUT2D eigenvalue weighted by molar-refractivity contribution is 5.99. The fourth-order valence-electron chi connectivity index (χ4n) is 3.91. The Bertz CT molecular complexity index is 917. The van der Waals surface area contributed by atoms with Gasteiger partial charge in [0, 0.05) is 30.0 Å². The molecule has 1 saturated heterocycles. The third-order valence-electron chi connectivity index (χ3n) is 5.81. The summed E-state index contributed by atoms with van der Waals surface area (Å²) in [5.41, 5.74) is 1.26. The molecule has 2 aliphatic rings. The lowest BCUT2D eigenvalue weighted by atomic mass is 10.0. The van der Waals surface area contributed by atoms with Crippen LogP contribution in [0.3, 0.4) is 0 Å². The summed E-state index contributed by atoms with van der Waals surface area (Å²) in [7, 11) is 1.50. The molecule has 3 N–H and O–H groups in total. The third-order valence-corrected chi connectivity index (χ3v) is 5.81. The predicted octanol–water partition coefficient (Wildman–Crippen LogP) is 1.29. The first-order valence-electron chi connectivity index (χ1n) is 9.29. The van der Waals surface area contributed by atoms with E-state index in [1.807, 2.05) is 18.2 Å². The zero-order valence-corrected chi connectivity index (χ0v) is 15.8. The summed E-state index contributed by atoms with van der Waals surface area (Å²) in [6, 6.07) is 12.1. The molecule has 1 aliphatic heterocycles. The fraction of sp³-hybridized carbons (Fsp3) is 0.381. The van der Waals surface area contributed by atoms with E-state index >= 15 is 0 Å². The molecule has 4 atom stereocenters. The van der Waals surface area contributed by atoms with Crippen molar-refractivity contribution in [3.63, 3.8) is 0 Å². The van der Waals surface area contributed by atoms with E-state index in [0.717, 1.165) is 0 Å². The molecule has 2 aromatic rings. The Balaban J connectivity index is 1.63. The highest BCUT2D eigenvalue weighted by Crippen LogP contribution is 2.56. The molecule has 0 radical (unpaired) electrons. The van der Waals surface area contributed by atoms with Crippen LogP contribution >= 0.6 is 0 Å². The van der Waals surface area contributed by atoms with Gasteiger partial charge in [-0.1, -0.05) is 37.3 Å². The molecule has 2 amide bonds. The number of aliphatic hydroxyl groups excluding tert-OH is 1. The number of amides is 2. The molecule has 7 heteroatoms. The summed E-state index contributed by atoms with van der Waals surface area (Å²) in [6.45, 7) is 3.39. The molecule has 0 spiro atoms. The average molecular weight is 381 g/mol. The van der Waals surface area contributed by atoms with Crippen LogP contribution in [-0.2, 0) is 4.74 Å². The monoisotopic (exact) mass is 381 g/mol. The number of nitrogens with zero attached hydrogens (tertiary/aromatic N) is 1. The Morgan fingerprint density at radius 3 is 2.64 bits per heavy atom. The summed E-state index contributed by atoms with van der Waals surface area (Å²) in [5.74, 6) is -0.374. The number of carbonyl (C=O) groups excluding carboxylic acids is 2. The number of aromatic nitrogens is 1. The first-order chi connectivity index (χ1) is 13.4. The Labute approximate surface area is 163 Å². The van der Waals surface area contributed by atoms with E-state index in [9.17, 15) is 14.7 Å². The number of rotatable bonds is 5. The van der Waals surface area contributed by atoms with Crippen molar-refractivity contribution in [2.45, 2.75) is 19.1 Å². The molecule has 1 saturated carbocycles. The second-order valence-electron chi connectivity index (χ2n) is 7.64. The maximum absolute atomic E-state index is 12.8. The number of hydrogen-bond donors (Lipinski definition) is 3. The van der Waals surface area contributed by atoms with Crippen molar-refractivity contribution >= 4 is 11.8 Å². The zero-order chi connectivity index (χ0) is 19.9. The quantitative estimate of drug-likeness (QED) is 0.725. The van der Waals surface area contributed by atoms with Crippen LogP contribution in [0.15, 0.2) is 42.5 Å². The van der Waals surface area contributed by atoms with Gasteiger partial charge in [-0.3, -0.25) is 9.59 Å². The molecule has 1 aromatic carbocycles. The van der Waals surface area contributed by atoms with Crippen molar-refractivity contribution in [1.29, 1.82) is 0 Å². The summed E-state index contributed by atoms with van der Waals surface area (Å²) in [4.78, 5) is 29.3. The lowest BCUT2D eigenvalue weighted by molar-refractivity contribution is 0.0913. The smallest absolute Gasteiger partial charge is 0.269 e. The molecule has 2 heterocycles. The van der Waals surface area contributed by atoms with Crippen LogP contribution in [0.5, 0.6) is 0 Å². The Morgan fingerprint density at radius 2 is 2.00 bits per heavy atom. The minimum Gasteiger partial charge on any atom is -0.382 e. The number of ether oxygens (including phenoxy) is 1. The van der Waals surface area contributed by atoms with Crippen LogP contribution < -0.4 is 10.6 Å². The third kappa shape index (κ3) is 3.16. The van der Waals surface area contributed by atoms with Crippen LogP contribution in [0, 0.1) is 11.3 Å². The second kappa shape index (κ2) is 7.00. The molecule has 2 fully saturated rings. The fourth-order valence-corrected chi connectivity index (χ4v) is 3.91. The molecule has 28 heavy (non-hydrogen) atoms. The van der Waals surface area contributed by atoms with Crippen LogP contribution in [0.25, 0.3) is 0 Å². The Kier molecular flexibility index (Phi) is 4.64. The highest BCUT2D eigenvalue weighted by atomic mass is 16.5. The van der Waals surface area contributed by atoms with Gasteiger partial charge in [0.25, 0.3) is 11.8 Å². The molecule has 1 aliphatic carbocycles. The largest absolute Gasteiger partial charge is 0.382 e. The van der Waals surface area contributed by atoms with E-state index in [0.29, 0.717) is 30.3 Å². The lowest BCUT2D eigenvalue weighted by Gasteiger charge is -2.15. The normalized spacial score (nSPS) is 26.2. The van der Waals surface area contributed by atoms with Crippen molar-refractivity contribution in [2.24, 2.45) is 11.3 Å². The first-order valence-corrected chi connectivity index (χ1v) is 9.29. The van der Waals surface area contributed by atoms with E-state index in [-0.39, 0.29) is 28.8 Å². The molecule has 0 bridgehead atoms.